The lowest BCUT2D eigenvalue weighted by Crippen LogP contribution is -2.31. The summed E-state index contributed by atoms with van der Waals surface area (Å²) in [6, 6.07) is 3.90. The van der Waals surface area contributed by atoms with E-state index in [4.69, 9.17) is 5.73 Å². The summed E-state index contributed by atoms with van der Waals surface area (Å²) in [7, 11) is 0. The van der Waals surface area contributed by atoms with Crippen molar-refractivity contribution >= 4 is 45.6 Å². The van der Waals surface area contributed by atoms with Gasteiger partial charge < -0.3 is 10.6 Å². The van der Waals surface area contributed by atoms with E-state index in [1.807, 2.05) is 17.0 Å². The van der Waals surface area contributed by atoms with Gasteiger partial charge in [-0.1, -0.05) is 0 Å². The topological polar surface area (TPSA) is 46.3 Å². The number of rotatable bonds is 1. The third-order valence-corrected chi connectivity index (χ3v) is 3.91. The van der Waals surface area contributed by atoms with Crippen molar-refractivity contribution in [3.8, 4) is 0 Å². The molecule has 0 aliphatic carbocycles. The highest BCUT2D eigenvalue weighted by Gasteiger charge is 2.25. The van der Waals surface area contributed by atoms with Gasteiger partial charge in [0.05, 0.1) is 8.66 Å². The second-order valence-electron chi connectivity index (χ2n) is 3.40. The molecule has 1 aliphatic rings. The van der Waals surface area contributed by atoms with Gasteiger partial charge in [0.25, 0.3) is 5.91 Å². The fourth-order valence-corrected chi connectivity index (χ4v) is 2.91. The van der Waals surface area contributed by atoms with Crippen molar-refractivity contribution < 1.29 is 4.79 Å². The molecule has 0 bridgehead atoms. The Kier molecular flexibility index (Phi) is 4.58. The summed E-state index contributed by atoms with van der Waals surface area (Å²) in [6.45, 7) is 1.48. The van der Waals surface area contributed by atoms with Crippen LogP contribution >= 0.6 is 39.7 Å². The zero-order valence-electron chi connectivity index (χ0n) is 7.98. The van der Waals surface area contributed by atoms with Gasteiger partial charge in [0, 0.05) is 19.1 Å². The molecular weight excluding hydrogens is 300 g/mol. The molecule has 1 saturated heterocycles. The summed E-state index contributed by atoms with van der Waals surface area (Å²) < 4.78 is 0.990. The van der Waals surface area contributed by atoms with Crippen LogP contribution in [0.25, 0.3) is 0 Å². The second-order valence-corrected chi connectivity index (χ2v) is 5.87. The van der Waals surface area contributed by atoms with Crippen LogP contribution in [0, 0.1) is 0 Å². The number of halogens is 2. The first-order chi connectivity index (χ1) is 6.66. The Labute approximate surface area is 107 Å². The molecule has 6 heteroatoms. The lowest BCUT2D eigenvalue weighted by atomic mass is 10.3. The Morgan fingerprint density at radius 2 is 2.33 bits per heavy atom. The van der Waals surface area contributed by atoms with E-state index in [1.54, 1.807) is 0 Å². The molecule has 0 radical (unpaired) electrons. The number of likely N-dealkylation sites (tertiary alicyclic amines) is 1. The molecule has 0 unspecified atom stereocenters. The van der Waals surface area contributed by atoms with Crippen LogP contribution in [0.4, 0.5) is 0 Å². The first kappa shape index (κ1) is 13.0. The molecule has 2 heterocycles. The van der Waals surface area contributed by atoms with Crippen LogP contribution in [-0.4, -0.2) is 29.9 Å². The fourth-order valence-electron chi connectivity index (χ4n) is 1.56. The lowest BCUT2D eigenvalue weighted by Gasteiger charge is -2.13. The third kappa shape index (κ3) is 2.93. The van der Waals surface area contributed by atoms with Gasteiger partial charge >= 0.3 is 0 Å². The zero-order chi connectivity index (χ0) is 10.1. The van der Waals surface area contributed by atoms with Crippen LogP contribution in [0.2, 0.25) is 0 Å². The maximum Gasteiger partial charge on any atom is 0.264 e. The van der Waals surface area contributed by atoms with Crippen LogP contribution < -0.4 is 5.73 Å². The minimum absolute atomic E-state index is 0. The average molecular weight is 312 g/mol. The molecule has 1 amide bonds. The molecule has 1 aromatic heterocycles. The molecule has 1 aromatic rings. The maximum atomic E-state index is 11.9. The van der Waals surface area contributed by atoms with Crippen molar-refractivity contribution in [3.63, 3.8) is 0 Å². The molecule has 15 heavy (non-hydrogen) atoms. The number of nitrogens with zero attached hydrogens (tertiary/aromatic N) is 1. The van der Waals surface area contributed by atoms with Crippen LogP contribution in [0.5, 0.6) is 0 Å². The third-order valence-electron chi connectivity index (χ3n) is 2.30. The Morgan fingerprint density at radius 1 is 1.60 bits per heavy atom. The number of hydrogen-bond acceptors (Lipinski definition) is 3. The average Bonchev–Trinajstić information content (AvgIpc) is 2.73. The van der Waals surface area contributed by atoms with Crippen molar-refractivity contribution in [2.75, 3.05) is 13.1 Å². The zero-order valence-corrected chi connectivity index (χ0v) is 11.2. The maximum absolute atomic E-state index is 11.9. The summed E-state index contributed by atoms with van der Waals surface area (Å²) in [5.74, 6) is 0.105. The van der Waals surface area contributed by atoms with Gasteiger partial charge in [0.1, 0.15) is 0 Å². The summed E-state index contributed by atoms with van der Waals surface area (Å²) in [5.41, 5.74) is 5.75. The van der Waals surface area contributed by atoms with Gasteiger partial charge in [-0.3, -0.25) is 4.79 Å². The Balaban J connectivity index is 0.00000112. The van der Waals surface area contributed by atoms with Gasteiger partial charge in [0.15, 0.2) is 0 Å². The number of carbonyl (C=O) groups is 1. The SMILES string of the molecule is Cl.N[C@@H]1CCN(C(=O)c2ccc(Br)s2)C1. The number of amides is 1. The summed E-state index contributed by atoms with van der Waals surface area (Å²) in [6.07, 6.45) is 0.915. The smallest absolute Gasteiger partial charge is 0.264 e. The monoisotopic (exact) mass is 310 g/mol. The highest BCUT2D eigenvalue weighted by molar-refractivity contribution is 9.11. The molecule has 1 fully saturated rings. The van der Waals surface area contributed by atoms with Crippen LogP contribution in [0.1, 0.15) is 16.1 Å². The summed E-state index contributed by atoms with van der Waals surface area (Å²) >= 11 is 4.81. The Hall–Kier alpha value is -0.100. The van der Waals surface area contributed by atoms with Crippen LogP contribution in [0.15, 0.2) is 15.9 Å². The molecule has 1 atom stereocenters. The minimum Gasteiger partial charge on any atom is -0.336 e. The molecule has 0 saturated carbocycles. The molecular formula is C9H12BrClN2OS. The predicted octanol–water partition coefficient (Wildman–Crippen LogP) is 2.11. The van der Waals surface area contributed by atoms with E-state index in [9.17, 15) is 4.79 Å². The number of thiophene rings is 1. The standard InChI is InChI=1S/C9H11BrN2OS.ClH/c10-8-2-1-7(14-8)9(13)12-4-3-6(11)5-12;/h1-2,6H,3-5,11H2;1H/t6-;/m1./s1. The van der Waals surface area contributed by atoms with E-state index in [-0.39, 0.29) is 24.4 Å². The van der Waals surface area contributed by atoms with E-state index >= 15 is 0 Å². The van der Waals surface area contributed by atoms with Crippen molar-refractivity contribution in [1.29, 1.82) is 0 Å². The highest BCUT2D eigenvalue weighted by atomic mass is 79.9. The van der Waals surface area contributed by atoms with Crippen LogP contribution in [-0.2, 0) is 0 Å². The first-order valence-electron chi connectivity index (χ1n) is 4.47. The lowest BCUT2D eigenvalue weighted by molar-refractivity contribution is 0.0795. The highest BCUT2D eigenvalue weighted by Crippen LogP contribution is 2.24. The van der Waals surface area contributed by atoms with Crippen LogP contribution in [0.3, 0.4) is 0 Å². The summed E-state index contributed by atoms with van der Waals surface area (Å²) in [4.78, 5) is 14.5. The van der Waals surface area contributed by atoms with Gasteiger partial charge in [-0.25, -0.2) is 0 Å². The van der Waals surface area contributed by atoms with E-state index in [2.05, 4.69) is 15.9 Å². The molecule has 2 rings (SSSR count). The number of hydrogen-bond donors (Lipinski definition) is 1. The van der Waals surface area contributed by atoms with Gasteiger partial charge in [-0.2, -0.15) is 0 Å². The largest absolute Gasteiger partial charge is 0.336 e. The molecule has 84 valence electrons. The molecule has 2 N–H and O–H groups in total. The van der Waals surface area contributed by atoms with Gasteiger partial charge in [-0.15, -0.1) is 23.7 Å². The van der Waals surface area contributed by atoms with E-state index in [0.717, 1.165) is 21.6 Å². The Morgan fingerprint density at radius 3 is 2.80 bits per heavy atom. The van der Waals surface area contributed by atoms with Gasteiger partial charge in [-0.05, 0) is 34.5 Å². The van der Waals surface area contributed by atoms with Crippen molar-refractivity contribution in [1.82, 2.24) is 4.90 Å². The first-order valence-corrected chi connectivity index (χ1v) is 6.08. The van der Waals surface area contributed by atoms with E-state index < -0.39 is 0 Å². The second kappa shape index (κ2) is 5.30. The summed E-state index contributed by atoms with van der Waals surface area (Å²) in [5, 5.41) is 0. The quantitative estimate of drug-likeness (QED) is 0.863. The molecule has 0 spiro atoms. The van der Waals surface area contributed by atoms with Crippen molar-refractivity contribution in [3.05, 3.63) is 20.8 Å². The van der Waals surface area contributed by atoms with Gasteiger partial charge in [0.2, 0.25) is 0 Å². The van der Waals surface area contributed by atoms with E-state index in [0.29, 0.717) is 6.54 Å². The molecule has 0 aromatic carbocycles. The normalized spacial score (nSPS) is 20.1. The molecule has 1 aliphatic heterocycles. The predicted molar refractivity (Wildman–Crippen MR) is 67.8 cm³/mol. The van der Waals surface area contributed by atoms with Crippen molar-refractivity contribution in [2.45, 2.75) is 12.5 Å². The Bertz CT molecular complexity index is 358. The van der Waals surface area contributed by atoms with Crippen molar-refractivity contribution in [2.24, 2.45) is 5.73 Å². The number of carbonyl (C=O) groups excluding carboxylic acids is 1. The van der Waals surface area contributed by atoms with E-state index in [1.165, 1.54) is 11.3 Å². The number of nitrogens with two attached hydrogens (primary N) is 1. The minimum atomic E-state index is 0. The fraction of sp³-hybridized carbons (Fsp3) is 0.444. The molecule has 3 nitrogen and oxygen atoms in total.